The van der Waals surface area contributed by atoms with Gasteiger partial charge in [-0.25, -0.2) is 4.79 Å². The second-order valence-electron chi connectivity index (χ2n) is 6.67. The van der Waals surface area contributed by atoms with Gasteiger partial charge in [0.25, 0.3) is 5.91 Å². The number of carboxylic acid groups (broad SMARTS) is 1. The third-order valence-corrected chi connectivity index (χ3v) is 5.80. The minimum Gasteiger partial charge on any atom is -0.478 e. The Hall–Kier alpha value is -3.16. The van der Waals surface area contributed by atoms with Crippen molar-refractivity contribution in [3.63, 3.8) is 0 Å². The van der Waals surface area contributed by atoms with Gasteiger partial charge >= 0.3 is 5.97 Å². The van der Waals surface area contributed by atoms with Gasteiger partial charge in [-0.2, -0.15) is 0 Å². The van der Waals surface area contributed by atoms with Gasteiger partial charge in [0.1, 0.15) is 11.5 Å². The largest absolute Gasteiger partial charge is 0.478 e. The molecular formula is C22H17ClN2O4S. The maximum atomic E-state index is 12.3. The molecule has 1 atom stereocenters. The van der Waals surface area contributed by atoms with Crippen molar-refractivity contribution in [3.8, 4) is 11.3 Å². The van der Waals surface area contributed by atoms with Crippen molar-refractivity contribution in [2.45, 2.75) is 12.4 Å². The molecule has 2 heterocycles. The number of hydrogen-bond donors (Lipinski definition) is 3. The van der Waals surface area contributed by atoms with Crippen molar-refractivity contribution in [1.29, 1.82) is 0 Å². The second kappa shape index (κ2) is 8.30. The number of rotatable bonds is 5. The molecule has 0 radical (unpaired) electrons. The molecule has 30 heavy (non-hydrogen) atoms. The van der Waals surface area contributed by atoms with Crippen molar-refractivity contribution in [1.82, 2.24) is 5.32 Å². The highest BCUT2D eigenvalue weighted by atomic mass is 35.5. The first-order chi connectivity index (χ1) is 14.4. The number of furan rings is 1. The maximum Gasteiger partial charge on any atom is 0.335 e. The number of carboxylic acids is 1. The molecule has 6 nitrogen and oxygen atoms in total. The Balaban J connectivity index is 1.48. The molecule has 3 N–H and O–H groups in total. The van der Waals surface area contributed by atoms with E-state index >= 15 is 0 Å². The number of hydrogen-bond acceptors (Lipinski definition) is 5. The average Bonchev–Trinajstić information content (AvgIpc) is 3.32. The van der Waals surface area contributed by atoms with Crippen LogP contribution in [0, 0.1) is 6.92 Å². The summed E-state index contributed by atoms with van der Waals surface area (Å²) in [6.45, 7) is 1.96. The highest BCUT2D eigenvalue weighted by molar-refractivity contribution is 8.05. The van der Waals surface area contributed by atoms with Crippen molar-refractivity contribution in [3.05, 3.63) is 81.4 Å². The highest BCUT2D eigenvalue weighted by Crippen LogP contribution is 2.33. The van der Waals surface area contributed by atoms with E-state index in [4.69, 9.17) is 21.1 Å². The van der Waals surface area contributed by atoms with Gasteiger partial charge in [-0.15, -0.1) is 0 Å². The van der Waals surface area contributed by atoms with E-state index in [1.165, 1.54) is 23.9 Å². The fraction of sp³-hybridized carbons (Fsp3) is 0.0909. The number of anilines is 1. The van der Waals surface area contributed by atoms with Gasteiger partial charge in [0.15, 0.2) is 5.50 Å². The third-order valence-electron chi connectivity index (χ3n) is 4.53. The summed E-state index contributed by atoms with van der Waals surface area (Å²) in [5.74, 6) is -0.0521. The van der Waals surface area contributed by atoms with Crippen molar-refractivity contribution in [2.24, 2.45) is 0 Å². The van der Waals surface area contributed by atoms with E-state index in [2.05, 4.69) is 10.6 Å². The lowest BCUT2D eigenvalue weighted by Gasteiger charge is -2.15. The molecule has 0 saturated carbocycles. The second-order valence-corrected chi connectivity index (χ2v) is 8.25. The first-order valence-electron chi connectivity index (χ1n) is 9.04. The summed E-state index contributed by atoms with van der Waals surface area (Å²) in [4.78, 5) is 23.8. The number of benzene rings is 2. The highest BCUT2D eigenvalue weighted by Gasteiger charge is 2.28. The van der Waals surface area contributed by atoms with Crippen LogP contribution in [0.5, 0.6) is 0 Å². The Bertz CT molecular complexity index is 1150. The lowest BCUT2D eigenvalue weighted by molar-refractivity contribution is -0.116. The number of halogens is 1. The zero-order chi connectivity index (χ0) is 21.3. The standard InChI is InChI=1S/C22H17ClN2O4S/c1-12-2-7-15(23)10-17(12)24-22-25-20(26)19(30-22)11-16-8-9-18(29-16)13-3-5-14(6-4-13)21(27)28/h2-11,22,24H,1H3,(H,25,26)(H,27,28)/b19-11-. The molecule has 1 aliphatic rings. The molecule has 4 rings (SSSR count). The predicted molar refractivity (Wildman–Crippen MR) is 118 cm³/mol. The Morgan fingerprint density at radius 1 is 1.20 bits per heavy atom. The van der Waals surface area contributed by atoms with E-state index in [0.717, 1.165) is 16.8 Å². The fourth-order valence-electron chi connectivity index (χ4n) is 2.95. The van der Waals surface area contributed by atoms with Gasteiger partial charge in [-0.3, -0.25) is 4.79 Å². The summed E-state index contributed by atoms with van der Waals surface area (Å²) in [6, 6.07) is 15.5. The van der Waals surface area contributed by atoms with Crippen molar-refractivity contribution in [2.75, 3.05) is 5.32 Å². The molecule has 0 bridgehead atoms. The molecule has 2 aromatic carbocycles. The summed E-state index contributed by atoms with van der Waals surface area (Å²) in [5, 5.41) is 15.8. The summed E-state index contributed by atoms with van der Waals surface area (Å²) in [6.07, 6.45) is 1.68. The number of carbonyl (C=O) groups excluding carboxylic acids is 1. The minimum atomic E-state index is -0.980. The molecule has 0 spiro atoms. The molecule has 1 saturated heterocycles. The molecule has 152 valence electrons. The summed E-state index contributed by atoms with van der Waals surface area (Å²) in [7, 11) is 0. The average molecular weight is 441 g/mol. The Kier molecular flexibility index (Phi) is 5.57. The normalized spacial score (nSPS) is 17.2. The van der Waals surface area contributed by atoms with E-state index in [1.54, 1.807) is 30.3 Å². The summed E-state index contributed by atoms with van der Waals surface area (Å²) < 4.78 is 5.81. The third kappa shape index (κ3) is 4.37. The van der Waals surface area contributed by atoms with Crippen LogP contribution in [0.1, 0.15) is 21.7 Å². The lowest BCUT2D eigenvalue weighted by atomic mass is 10.1. The van der Waals surface area contributed by atoms with Crippen LogP contribution in [0.3, 0.4) is 0 Å². The van der Waals surface area contributed by atoms with Gasteiger partial charge in [0.2, 0.25) is 0 Å². The van der Waals surface area contributed by atoms with Crippen molar-refractivity contribution >= 4 is 47.0 Å². The lowest BCUT2D eigenvalue weighted by Crippen LogP contribution is -2.31. The van der Waals surface area contributed by atoms with Gasteiger partial charge in [0, 0.05) is 22.3 Å². The SMILES string of the molecule is Cc1ccc(Cl)cc1NC1NC(=O)/C(=C/c2ccc(-c3ccc(C(=O)O)cc3)o2)S1. The van der Waals surface area contributed by atoms with Crippen LogP contribution in [-0.2, 0) is 4.79 Å². The Morgan fingerprint density at radius 2 is 1.97 bits per heavy atom. The van der Waals surface area contributed by atoms with Crippen LogP contribution >= 0.6 is 23.4 Å². The number of amides is 1. The first-order valence-corrected chi connectivity index (χ1v) is 10.3. The predicted octanol–water partition coefficient (Wildman–Crippen LogP) is 5.21. The van der Waals surface area contributed by atoms with E-state index < -0.39 is 5.97 Å². The fourth-order valence-corrected chi connectivity index (χ4v) is 4.08. The monoisotopic (exact) mass is 440 g/mol. The molecule has 1 fully saturated rings. The summed E-state index contributed by atoms with van der Waals surface area (Å²) >= 11 is 7.41. The number of aryl methyl sites for hydroxylation is 1. The first kappa shape index (κ1) is 20.1. The molecule has 1 aliphatic heterocycles. The maximum absolute atomic E-state index is 12.3. The van der Waals surface area contributed by atoms with Crippen molar-refractivity contribution < 1.29 is 19.1 Å². The number of thioether (sulfide) groups is 1. The van der Waals surface area contributed by atoms with E-state index in [9.17, 15) is 9.59 Å². The van der Waals surface area contributed by atoms with E-state index in [0.29, 0.717) is 21.4 Å². The van der Waals surface area contributed by atoms with Gasteiger partial charge in [-0.05, 0) is 48.9 Å². The van der Waals surface area contributed by atoms with Crippen LogP contribution in [-0.4, -0.2) is 22.5 Å². The quantitative estimate of drug-likeness (QED) is 0.472. The zero-order valence-electron chi connectivity index (χ0n) is 15.8. The van der Waals surface area contributed by atoms with Crippen LogP contribution < -0.4 is 10.6 Å². The van der Waals surface area contributed by atoms with E-state index in [-0.39, 0.29) is 17.0 Å². The number of carbonyl (C=O) groups is 2. The molecule has 8 heteroatoms. The smallest absolute Gasteiger partial charge is 0.335 e. The van der Waals surface area contributed by atoms with Gasteiger partial charge < -0.3 is 20.2 Å². The van der Waals surface area contributed by atoms with Crippen LogP contribution in [0.15, 0.2) is 63.9 Å². The molecule has 0 aliphatic carbocycles. The molecule has 3 aromatic rings. The summed E-state index contributed by atoms with van der Waals surface area (Å²) in [5.41, 5.74) is 2.52. The van der Waals surface area contributed by atoms with Gasteiger partial charge in [-0.1, -0.05) is 41.6 Å². The van der Waals surface area contributed by atoms with Crippen LogP contribution in [0.2, 0.25) is 5.02 Å². The van der Waals surface area contributed by atoms with Gasteiger partial charge in [0.05, 0.1) is 10.5 Å². The zero-order valence-corrected chi connectivity index (χ0v) is 17.4. The Morgan fingerprint density at radius 3 is 2.70 bits per heavy atom. The number of aromatic carboxylic acids is 1. The molecule has 1 unspecified atom stereocenters. The number of nitrogens with one attached hydrogen (secondary N) is 2. The van der Waals surface area contributed by atoms with E-state index in [1.807, 2.05) is 25.1 Å². The molecular weight excluding hydrogens is 424 g/mol. The molecule has 1 amide bonds. The van der Waals surface area contributed by atoms with Crippen LogP contribution in [0.25, 0.3) is 17.4 Å². The molecule has 1 aromatic heterocycles. The topological polar surface area (TPSA) is 91.6 Å². The Labute approximate surface area is 181 Å². The minimum absolute atomic E-state index is 0.194. The van der Waals surface area contributed by atoms with Crippen LogP contribution in [0.4, 0.5) is 5.69 Å².